The van der Waals surface area contributed by atoms with Gasteiger partial charge >= 0.3 is 0 Å². The van der Waals surface area contributed by atoms with Crippen molar-refractivity contribution in [3.05, 3.63) is 111 Å². The van der Waals surface area contributed by atoms with Crippen LogP contribution in [-0.2, 0) is 4.79 Å². The van der Waals surface area contributed by atoms with Gasteiger partial charge in [0.1, 0.15) is 11.5 Å². The largest absolute Gasteiger partial charge is 0.457 e. The standard InChI is InChI=1S/C27H18Cl3N3O3S/c28-17-3-1-16(2-4-17)24-13-10-21(36-24)11-14-25(34)33-27(37)32-20-8-6-19(7-9-20)31-26(35)22-12-5-18(29)15-23(22)30/h1-15H,(H,31,35)(H2,32,33,34,37). The summed E-state index contributed by atoms with van der Waals surface area (Å²) in [6.07, 6.45) is 2.86. The molecule has 10 heteroatoms. The van der Waals surface area contributed by atoms with Crippen LogP contribution < -0.4 is 16.0 Å². The Labute approximate surface area is 233 Å². The molecule has 0 unspecified atom stereocenters. The molecule has 0 bridgehead atoms. The van der Waals surface area contributed by atoms with Gasteiger partial charge in [-0.3, -0.25) is 14.9 Å². The molecule has 4 aromatic rings. The quantitative estimate of drug-likeness (QED) is 0.164. The molecular weight excluding hydrogens is 553 g/mol. The zero-order valence-electron chi connectivity index (χ0n) is 18.9. The molecule has 0 atom stereocenters. The highest BCUT2D eigenvalue weighted by Gasteiger charge is 2.11. The third-order valence-electron chi connectivity index (χ3n) is 4.97. The number of rotatable bonds is 6. The van der Waals surface area contributed by atoms with E-state index in [9.17, 15) is 9.59 Å². The third kappa shape index (κ3) is 7.44. The second kappa shape index (κ2) is 12.1. The normalized spacial score (nSPS) is 10.8. The highest BCUT2D eigenvalue weighted by molar-refractivity contribution is 7.80. The van der Waals surface area contributed by atoms with Crippen molar-refractivity contribution in [3.8, 4) is 11.3 Å². The fourth-order valence-electron chi connectivity index (χ4n) is 3.19. The van der Waals surface area contributed by atoms with Crippen molar-refractivity contribution in [1.82, 2.24) is 5.32 Å². The van der Waals surface area contributed by atoms with Crippen LogP contribution in [0.5, 0.6) is 0 Å². The number of anilines is 2. The predicted octanol–water partition coefficient (Wildman–Crippen LogP) is 7.69. The zero-order valence-corrected chi connectivity index (χ0v) is 22.0. The van der Waals surface area contributed by atoms with Gasteiger partial charge in [0.25, 0.3) is 5.91 Å². The van der Waals surface area contributed by atoms with E-state index in [1.165, 1.54) is 12.1 Å². The van der Waals surface area contributed by atoms with Crippen LogP contribution in [0.25, 0.3) is 17.4 Å². The third-order valence-corrected chi connectivity index (χ3v) is 5.97. The lowest BCUT2D eigenvalue weighted by Gasteiger charge is -2.10. The second-order valence-electron chi connectivity index (χ2n) is 7.64. The van der Waals surface area contributed by atoms with Crippen molar-refractivity contribution in [2.75, 3.05) is 10.6 Å². The van der Waals surface area contributed by atoms with Gasteiger partial charge in [0.15, 0.2) is 5.11 Å². The molecule has 6 nitrogen and oxygen atoms in total. The first-order valence-electron chi connectivity index (χ1n) is 10.8. The topological polar surface area (TPSA) is 83.4 Å². The highest BCUT2D eigenvalue weighted by atomic mass is 35.5. The first-order valence-corrected chi connectivity index (χ1v) is 12.3. The zero-order chi connectivity index (χ0) is 26.4. The SMILES string of the molecule is O=C(C=Cc1ccc(-c2ccc(Cl)cc2)o1)NC(=S)Nc1ccc(NC(=O)c2ccc(Cl)cc2Cl)cc1. The minimum absolute atomic E-state index is 0.112. The lowest BCUT2D eigenvalue weighted by molar-refractivity contribution is -0.115. The average Bonchev–Trinajstić information content (AvgIpc) is 3.33. The van der Waals surface area contributed by atoms with Gasteiger partial charge in [0.2, 0.25) is 5.91 Å². The second-order valence-corrected chi connectivity index (χ2v) is 9.33. The van der Waals surface area contributed by atoms with Gasteiger partial charge in [-0.15, -0.1) is 0 Å². The molecule has 1 heterocycles. The van der Waals surface area contributed by atoms with Gasteiger partial charge in [0, 0.05) is 33.1 Å². The van der Waals surface area contributed by atoms with Crippen molar-refractivity contribution >= 4 is 81.4 Å². The van der Waals surface area contributed by atoms with Crippen LogP contribution in [0.1, 0.15) is 16.1 Å². The van der Waals surface area contributed by atoms with E-state index in [1.807, 2.05) is 18.2 Å². The molecule has 0 radical (unpaired) electrons. The van der Waals surface area contributed by atoms with Gasteiger partial charge in [-0.2, -0.15) is 0 Å². The maximum absolute atomic E-state index is 12.4. The van der Waals surface area contributed by atoms with Crippen LogP contribution in [-0.4, -0.2) is 16.9 Å². The number of thiocarbonyl (C=S) groups is 1. The Morgan fingerprint density at radius 1 is 0.784 bits per heavy atom. The molecule has 0 saturated carbocycles. The number of nitrogens with one attached hydrogen (secondary N) is 3. The van der Waals surface area contributed by atoms with Crippen molar-refractivity contribution < 1.29 is 14.0 Å². The van der Waals surface area contributed by atoms with Gasteiger partial charge in [-0.1, -0.05) is 34.8 Å². The molecule has 3 aromatic carbocycles. The molecule has 0 aliphatic carbocycles. The number of benzene rings is 3. The van der Waals surface area contributed by atoms with E-state index in [0.717, 1.165) is 5.56 Å². The van der Waals surface area contributed by atoms with E-state index in [1.54, 1.807) is 60.7 Å². The number of carbonyl (C=O) groups is 2. The molecule has 0 spiro atoms. The lowest BCUT2D eigenvalue weighted by atomic mass is 10.2. The van der Waals surface area contributed by atoms with E-state index in [-0.39, 0.29) is 16.0 Å². The fourth-order valence-corrected chi connectivity index (χ4v) is 4.03. The minimum Gasteiger partial charge on any atom is -0.457 e. The van der Waals surface area contributed by atoms with Gasteiger partial charge in [0.05, 0.1) is 10.6 Å². The van der Waals surface area contributed by atoms with Crippen molar-refractivity contribution in [2.24, 2.45) is 0 Å². The van der Waals surface area contributed by atoms with Crippen molar-refractivity contribution in [2.45, 2.75) is 0 Å². The van der Waals surface area contributed by atoms with E-state index in [0.29, 0.717) is 38.5 Å². The Bertz CT molecular complexity index is 1480. The Morgan fingerprint density at radius 2 is 1.43 bits per heavy atom. The average molecular weight is 571 g/mol. The Kier molecular flexibility index (Phi) is 8.63. The van der Waals surface area contributed by atoms with Gasteiger partial charge < -0.3 is 15.1 Å². The molecule has 3 N–H and O–H groups in total. The summed E-state index contributed by atoms with van der Waals surface area (Å²) >= 11 is 23.1. The molecule has 1 aromatic heterocycles. The summed E-state index contributed by atoms with van der Waals surface area (Å²) in [4.78, 5) is 24.7. The highest BCUT2D eigenvalue weighted by Crippen LogP contribution is 2.25. The number of furan rings is 1. The van der Waals surface area contributed by atoms with E-state index in [4.69, 9.17) is 51.4 Å². The van der Waals surface area contributed by atoms with Crippen LogP contribution in [0.3, 0.4) is 0 Å². The summed E-state index contributed by atoms with van der Waals surface area (Å²) in [5, 5.41) is 9.69. The van der Waals surface area contributed by atoms with E-state index < -0.39 is 5.91 Å². The Balaban J connectivity index is 1.27. The number of hydrogen-bond acceptors (Lipinski definition) is 4. The molecule has 2 amide bonds. The summed E-state index contributed by atoms with van der Waals surface area (Å²) in [5.41, 5.74) is 2.35. The first kappa shape index (κ1) is 26.4. The number of halogens is 3. The van der Waals surface area contributed by atoms with Crippen molar-refractivity contribution in [3.63, 3.8) is 0 Å². The Hall–Kier alpha value is -3.62. The van der Waals surface area contributed by atoms with Gasteiger partial charge in [-0.05, 0) is 97.2 Å². The summed E-state index contributed by atoms with van der Waals surface area (Å²) in [6, 6.07) is 22.2. The lowest BCUT2D eigenvalue weighted by Crippen LogP contribution is -2.32. The number of hydrogen-bond donors (Lipinski definition) is 3. The molecule has 0 aliphatic rings. The number of amides is 2. The van der Waals surface area contributed by atoms with E-state index in [2.05, 4.69) is 16.0 Å². The van der Waals surface area contributed by atoms with Crippen LogP contribution in [0.2, 0.25) is 15.1 Å². The summed E-state index contributed by atoms with van der Waals surface area (Å²) < 4.78 is 5.74. The van der Waals surface area contributed by atoms with Crippen LogP contribution in [0, 0.1) is 0 Å². The summed E-state index contributed by atoms with van der Waals surface area (Å²) in [6.45, 7) is 0. The number of carbonyl (C=O) groups excluding carboxylic acids is 2. The maximum Gasteiger partial charge on any atom is 0.257 e. The molecule has 0 saturated heterocycles. The molecule has 0 fully saturated rings. The monoisotopic (exact) mass is 569 g/mol. The van der Waals surface area contributed by atoms with E-state index >= 15 is 0 Å². The predicted molar refractivity (Wildman–Crippen MR) is 153 cm³/mol. The summed E-state index contributed by atoms with van der Waals surface area (Å²) in [5.74, 6) is 0.376. The first-order chi connectivity index (χ1) is 17.8. The maximum atomic E-state index is 12.4. The molecule has 186 valence electrons. The molecule has 37 heavy (non-hydrogen) atoms. The molecular formula is C27H18Cl3N3O3S. The van der Waals surface area contributed by atoms with Crippen LogP contribution in [0.15, 0.2) is 89.4 Å². The van der Waals surface area contributed by atoms with Crippen LogP contribution >= 0.6 is 47.0 Å². The van der Waals surface area contributed by atoms with Crippen LogP contribution in [0.4, 0.5) is 11.4 Å². The minimum atomic E-state index is -0.425. The van der Waals surface area contributed by atoms with Gasteiger partial charge in [-0.25, -0.2) is 0 Å². The van der Waals surface area contributed by atoms with Crippen molar-refractivity contribution in [1.29, 1.82) is 0 Å². The Morgan fingerprint density at radius 3 is 2.11 bits per heavy atom. The molecule has 4 rings (SSSR count). The summed E-state index contributed by atoms with van der Waals surface area (Å²) in [7, 11) is 0. The smallest absolute Gasteiger partial charge is 0.257 e. The molecule has 0 aliphatic heterocycles. The fraction of sp³-hybridized carbons (Fsp3) is 0.